The number of benzene rings is 1. The monoisotopic (exact) mass is 322 g/mol. The van der Waals surface area contributed by atoms with Crippen LogP contribution in [0, 0.1) is 0 Å². The standard InChI is InChI=1S/C17H26N2O4/c1-3-8-14(15(20)16(21)18-11-4-2)19-17(22)23-12-13-9-6-5-7-10-13/h5-7,9-10,14-15,20H,3-4,8,11-12H2,1-2H3,(H,18,21)(H,19,22)/t14-,15?/m0/s1. The number of alkyl carbamates (subject to hydrolysis) is 1. The molecule has 0 radical (unpaired) electrons. The van der Waals surface area contributed by atoms with Gasteiger partial charge in [0, 0.05) is 6.54 Å². The first-order valence-electron chi connectivity index (χ1n) is 8.01. The lowest BCUT2D eigenvalue weighted by atomic mass is 10.1. The maximum absolute atomic E-state index is 11.9. The third-order valence-corrected chi connectivity index (χ3v) is 3.31. The molecule has 0 fully saturated rings. The highest BCUT2D eigenvalue weighted by molar-refractivity contribution is 5.82. The topological polar surface area (TPSA) is 87.7 Å². The number of rotatable bonds is 9. The molecule has 0 spiro atoms. The van der Waals surface area contributed by atoms with Crippen molar-refractivity contribution in [2.24, 2.45) is 0 Å². The number of nitrogens with one attached hydrogen (secondary N) is 2. The van der Waals surface area contributed by atoms with Crippen LogP contribution in [0.15, 0.2) is 30.3 Å². The molecular weight excluding hydrogens is 296 g/mol. The molecule has 1 aromatic carbocycles. The van der Waals surface area contributed by atoms with Gasteiger partial charge in [-0.2, -0.15) is 0 Å². The van der Waals surface area contributed by atoms with Gasteiger partial charge < -0.3 is 20.5 Å². The Balaban J connectivity index is 2.50. The average Bonchev–Trinajstić information content (AvgIpc) is 2.57. The number of carbonyl (C=O) groups excluding carboxylic acids is 2. The smallest absolute Gasteiger partial charge is 0.407 e. The van der Waals surface area contributed by atoms with Gasteiger partial charge >= 0.3 is 6.09 Å². The SMILES string of the molecule is CCCNC(=O)C(O)[C@H](CCC)NC(=O)OCc1ccccc1. The molecule has 6 heteroatoms. The first-order chi connectivity index (χ1) is 11.1. The zero-order valence-electron chi connectivity index (χ0n) is 13.7. The zero-order valence-corrected chi connectivity index (χ0v) is 13.7. The number of amides is 2. The van der Waals surface area contributed by atoms with E-state index in [1.54, 1.807) is 0 Å². The molecule has 1 unspecified atom stereocenters. The number of ether oxygens (including phenoxy) is 1. The Bertz CT molecular complexity index is 479. The maximum Gasteiger partial charge on any atom is 0.407 e. The fourth-order valence-corrected chi connectivity index (χ4v) is 2.07. The van der Waals surface area contributed by atoms with Crippen LogP contribution in [-0.4, -0.2) is 35.8 Å². The Morgan fingerprint density at radius 2 is 1.87 bits per heavy atom. The predicted octanol–water partition coefficient (Wildman–Crippen LogP) is 1.97. The summed E-state index contributed by atoms with van der Waals surface area (Å²) in [6.45, 7) is 4.48. The van der Waals surface area contributed by atoms with Crippen molar-refractivity contribution < 1.29 is 19.4 Å². The third-order valence-electron chi connectivity index (χ3n) is 3.31. The summed E-state index contributed by atoms with van der Waals surface area (Å²) in [6.07, 6.45) is 0.0622. The summed E-state index contributed by atoms with van der Waals surface area (Å²) in [7, 11) is 0. The van der Waals surface area contributed by atoms with Gasteiger partial charge in [0.2, 0.25) is 0 Å². The van der Waals surface area contributed by atoms with Gasteiger partial charge in [-0.05, 0) is 18.4 Å². The predicted molar refractivity (Wildman–Crippen MR) is 87.8 cm³/mol. The summed E-state index contributed by atoms with van der Waals surface area (Å²) in [5.74, 6) is -0.478. The van der Waals surface area contributed by atoms with Gasteiger partial charge in [-0.1, -0.05) is 50.6 Å². The van der Waals surface area contributed by atoms with Crippen molar-refractivity contribution in [1.82, 2.24) is 10.6 Å². The number of aliphatic hydroxyl groups excluding tert-OH is 1. The van der Waals surface area contributed by atoms with Gasteiger partial charge in [-0.15, -0.1) is 0 Å². The molecule has 0 saturated heterocycles. The molecule has 0 heterocycles. The van der Waals surface area contributed by atoms with Crippen LogP contribution in [0.3, 0.4) is 0 Å². The van der Waals surface area contributed by atoms with E-state index in [1.165, 1.54) is 0 Å². The second kappa shape index (κ2) is 10.6. The van der Waals surface area contributed by atoms with Crippen LogP contribution in [0.25, 0.3) is 0 Å². The van der Waals surface area contributed by atoms with E-state index in [0.717, 1.165) is 18.4 Å². The van der Waals surface area contributed by atoms with Crippen molar-refractivity contribution >= 4 is 12.0 Å². The second-order valence-corrected chi connectivity index (χ2v) is 5.34. The molecule has 0 bridgehead atoms. The summed E-state index contributed by atoms with van der Waals surface area (Å²) >= 11 is 0. The Morgan fingerprint density at radius 1 is 1.17 bits per heavy atom. The summed E-state index contributed by atoms with van der Waals surface area (Å²) in [5.41, 5.74) is 0.871. The van der Waals surface area contributed by atoms with E-state index in [4.69, 9.17) is 4.74 Å². The number of aliphatic hydroxyl groups is 1. The molecule has 0 saturated carbocycles. The molecule has 6 nitrogen and oxygen atoms in total. The van der Waals surface area contributed by atoms with Gasteiger partial charge in [0.05, 0.1) is 6.04 Å². The van der Waals surface area contributed by atoms with Crippen molar-refractivity contribution in [3.8, 4) is 0 Å². The lowest BCUT2D eigenvalue weighted by Crippen LogP contribution is -2.50. The van der Waals surface area contributed by atoms with Gasteiger partial charge in [0.25, 0.3) is 5.91 Å². The summed E-state index contributed by atoms with van der Waals surface area (Å²) < 4.78 is 5.12. The minimum absolute atomic E-state index is 0.143. The van der Waals surface area contributed by atoms with Crippen molar-refractivity contribution in [2.75, 3.05) is 6.54 Å². The van der Waals surface area contributed by atoms with Crippen molar-refractivity contribution in [3.63, 3.8) is 0 Å². The van der Waals surface area contributed by atoms with E-state index >= 15 is 0 Å². The molecule has 23 heavy (non-hydrogen) atoms. The molecule has 1 aromatic rings. The maximum atomic E-state index is 11.9. The Kier molecular flexibility index (Phi) is 8.75. The van der Waals surface area contributed by atoms with E-state index in [9.17, 15) is 14.7 Å². The van der Waals surface area contributed by atoms with Crippen LogP contribution >= 0.6 is 0 Å². The highest BCUT2D eigenvalue weighted by Crippen LogP contribution is 2.05. The van der Waals surface area contributed by atoms with Crippen LogP contribution in [0.1, 0.15) is 38.7 Å². The fourth-order valence-electron chi connectivity index (χ4n) is 2.07. The number of carbonyl (C=O) groups is 2. The lowest BCUT2D eigenvalue weighted by molar-refractivity contribution is -0.130. The summed E-state index contributed by atoms with van der Waals surface area (Å²) in [5, 5.41) is 15.3. The van der Waals surface area contributed by atoms with Gasteiger partial charge in [0.1, 0.15) is 6.61 Å². The average molecular weight is 322 g/mol. The first-order valence-corrected chi connectivity index (χ1v) is 8.01. The van der Waals surface area contributed by atoms with Crippen LogP contribution < -0.4 is 10.6 Å². The first kappa shape index (κ1) is 19.0. The second-order valence-electron chi connectivity index (χ2n) is 5.34. The third kappa shape index (κ3) is 7.15. The molecule has 0 aliphatic heterocycles. The van der Waals surface area contributed by atoms with E-state index in [0.29, 0.717) is 13.0 Å². The van der Waals surface area contributed by atoms with E-state index in [2.05, 4.69) is 10.6 Å². The molecule has 0 aromatic heterocycles. The molecule has 2 atom stereocenters. The van der Waals surface area contributed by atoms with Crippen LogP contribution in [-0.2, 0) is 16.1 Å². The molecule has 3 N–H and O–H groups in total. The van der Waals surface area contributed by atoms with E-state index < -0.39 is 24.1 Å². The highest BCUT2D eigenvalue weighted by atomic mass is 16.5. The number of hydrogen-bond acceptors (Lipinski definition) is 4. The van der Waals surface area contributed by atoms with Crippen molar-refractivity contribution in [3.05, 3.63) is 35.9 Å². The van der Waals surface area contributed by atoms with Crippen LogP contribution in [0.5, 0.6) is 0 Å². The van der Waals surface area contributed by atoms with Crippen molar-refractivity contribution in [2.45, 2.75) is 51.9 Å². The van der Waals surface area contributed by atoms with Crippen LogP contribution in [0.2, 0.25) is 0 Å². The Hall–Kier alpha value is -2.08. The van der Waals surface area contributed by atoms with Crippen molar-refractivity contribution in [1.29, 1.82) is 0 Å². The summed E-state index contributed by atoms with van der Waals surface area (Å²) in [4.78, 5) is 23.7. The van der Waals surface area contributed by atoms with E-state index in [1.807, 2.05) is 44.2 Å². The largest absolute Gasteiger partial charge is 0.445 e. The van der Waals surface area contributed by atoms with Gasteiger partial charge in [-0.3, -0.25) is 4.79 Å². The zero-order chi connectivity index (χ0) is 17.1. The minimum Gasteiger partial charge on any atom is -0.445 e. The van der Waals surface area contributed by atoms with Gasteiger partial charge in [0.15, 0.2) is 6.10 Å². The summed E-state index contributed by atoms with van der Waals surface area (Å²) in [6, 6.07) is 8.64. The number of hydrogen-bond donors (Lipinski definition) is 3. The highest BCUT2D eigenvalue weighted by Gasteiger charge is 2.27. The molecule has 0 aliphatic carbocycles. The van der Waals surface area contributed by atoms with Crippen LogP contribution in [0.4, 0.5) is 4.79 Å². The minimum atomic E-state index is -1.29. The molecule has 0 aliphatic rings. The van der Waals surface area contributed by atoms with Gasteiger partial charge in [-0.25, -0.2) is 4.79 Å². The normalized spacial score (nSPS) is 13.0. The quantitative estimate of drug-likeness (QED) is 0.648. The molecule has 1 rings (SSSR count). The van der Waals surface area contributed by atoms with E-state index in [-0.39, 0.29) is 6.61 Å². The lowest BCUT2D eigenvalue weighted by Gasteiger charge is -2.22. The molecular formula is C17H26N2O4. The fraction of sp³-hybridized carbons (Fsp3) is 0.529. The molecule has 2 amide bonds. The Labute approximate surface area is 137 Å². The Morgan fingerprint density at radius 3 is 2.48 bits per heavy atom. The molecule has 128 valence electrons.